The van der Waals surface area contributed by atoms with Gasteiger partial charge in [0, 0.05) is 0 Å². The van der Waals surface area contributed by atoms with E-state index >= 15 is 0 Å². The lowest BCUT2D eigenvalue weighted by Gasteiger charge is -2.09. The second-order valence-electron chi connectivity index (χ2n) is 8.36. The summed E-state index contributed by atoms with van der Waals surface area (Å²) in [6.07, 6.45) is 0. The van der Waals surface area contributed by atoms with E-state index in [1.165, 1.54) is 24.3 Å². The number of hydrogen-bond donors (Lipinski definition) is 2. The molecular formula is C30H22Cl2N2O7. The van der Waals surface area contributed by atoms with Crippen molar-refractivity contribution in [2.75, 3.05) is 23.8 Å². The number of nitrogens with one attached hydrogen (secondary N) is 2. The normalized spacial score (nSPS) is 10.3. The van der Waals surface area contributed by atoms with Crippen LogP contribution in [0.15, 0.2) is 97.1 Å². The van der Waals surface area contributed by atoms with Crippen LogP contribution in [-0.4, -0.2) is 37.0 Å². The first kappa shape index (κ1) is 29.1. The van der Waals surface area contributed by atoms with Crippen LogP contribution < -0.4 is 15.4 Å². The van der Waals surface area contributed by atoms with Gasteiger partial charge in [-0.1, -0.05) is 47.5 Å². The molecule has 4 aromatic carbocycles. The lowest BCUT2D eigenvalue weighted by Crippen LogP contribution is -2.21. The Kier molecular flexibility index (Phi) is 9.93. The van der Waals surface area contributed by atoms with Crippen molar-refractivity contribution in [3.63, 3.8) is 0 Å². The highest BCUT2D eigenvalue weighted by atomic mass is 35.5. The molecule has 0 saturated heterocycles. The van der Waals surface area contributed by atoms with Crippen LogP contribution >= 0.6 is 23.2 Å². The van der Waals surface area contributed by atoms with E-state index in [1.807, 2.05) is 0 Å². The van der Waals surface area contributed by atoms with Crippen LogP contribution in [0.5, 0.6) is 11.5 Å². The third-order valence-electron chi connectivity index (χ3n) is 5.38. The Bertz CT molecular complexity index is 1440. The molecule has 0 aliphatic carbocycles. The molecule has 0 aliphatic heterocycles. The van der Waals surface area contributed by atoms with E-state index < -0.39 is 37.0 Å². The zero-order valence-corrected chi connectivity index (χ0v) is 22.8. The molecule has 0 radical (unpaired) electrons. The summed E-state index contributed by atoms with van der Waals surface area (Å²) in [6.45, 7) is -0.966. The van der Waals surface area contributed by atoms with Crippen molar-refractivity contribution in [2.24, 2.45) is 0 Å². The van der Waals surface area contributed by atoms with Crippen LogP contribution in [0.2, 0.25) is 10.0 Å². The molecule has 0 bridgehead atoms. The Morgan fingerprint density at radius 3 is 1.27 bits per heavy atom. The van der Waals surface area contributed by atoms with E-state index in [0.29, 0.717) is 32.9 Å². The molecule has 4 rings (SSSR count). The molecule has 41 heavy (non-hydrogen) atoms. The maximum atomic E-state index is 12.3. The van der Waals surface area contributed by atoms with E-state index in [2.05, 4.69) is 10.6 Å². The van der Waals surface area contributed by atoms with Gasteiger partial charge in [0.25, 0.3) is 11.8 Å². The molecule has 2 N–H and O–H groups in total. The molecule has 0 spiro atoms. The molecule has 0 heterocycles. The standard InChI is InChI=1S/C30H22Cl2N2O7/c31-23-5-1-3-7-25(23)33-27(35)17-39-29(37)19-9-13-21(14-10-19)41-22-15-11-20(12-16-22)30(38)40-18-28(36)34-26-8-4-2-6-24(26)32/h1-16H,17-18H2,(H,33,35)(H,34,36). The number of carbonyl (C=O) groups excluding carboxylic acids is 4. The van der Waals surface area contributed by atoms with E-state index in [0.717, 1.165) is 0 Å². The highest BCUT2D eigenvalue weighted by Gasteiger charge is 2.14. The van der Waals surface area contributed by atoms with Gasteiger partial charge in [-0.25, -0.2) is 9.59 Å². The summed E-state index contributed by atoms with van der Waals surface area (Å²) >= 11 is 12.0. The van der Waals surface area contributed by atoms with Gasteiger partial charge in [0.2, 0.25) is 0 Å². The number of ether oxygens (including phenoxy) is 3. The SMILES string of the molecule is O=C(COC(=O)c1ccc(Oc2ccc(C(=O)OCC(=O)Nc3ccccc3Cl)cc2)cc1)Nc1ccccc1Cl. The van der Waals surface area contributed by atoms with E-state index in [9.17, 15) is 19.2 Å². The van der Waals surface area contributed by atoms with E-state index in [1.54, 1.807) is 72.8 Å². The third-order valence-corrected chi connectivity index (χ3v) is 6.04. The molecule has 0 atom stereocenters. The van der Waals surface area contributed by atoms with Crippen molar-refractivity contribution in [2.45, 2.75) is 0 Å². The summed E-state index contributed by atoms with van der Waals surface area (Å²) in [4.78, 5) is 48.7. The average molecular weight is 593 g/mol. The van der Waals surface area contributed by atoms with Crippen molar-refractivity contribution < 1.29 is 33.4 Å². The third kappa shape index (κ3) is 8.56. The number of hydrogen-bond acceptors (Lipinski definition) is 7. The van der Waals surface area contributed by atoms with Crippen LogP contribution in [-0.2, 0) is 19.1 Å². The quantitative estimate of drug-likeness (QED) is 0.205. The summed E-state index contributed by atoms with van der Waals surface area (Å²) in [5.41, 5.74) is 1.27. The minimum Gasteiger partial charge on any atom is -0.457 e. The molecular weight excluding hydrogens is 571 g/mol. The van der Waals surface area contributed by atoms with Gasteiger partial charge in [0.1, 0.15) is 11.5 Å². The molecule has 0 unspecified atom stereocenters. The Morgan fingerprint density at radius 2 is 0.902 bits per heavy atom. The largest absolute Gasteiger partial charge is 0.457 e. The van der Waals surface area contributed by atoms with Crippen molar-refractivity contribution in [3.8, 4) is 11.5 Å². The molecule has 11 heteroatoms. The van der Waals surface area contributed by atoms with Crippen molar-refractivity contribution in [1.29, 1.82) is 0 Å². The van der Waals surface area contributed by atoms with Crippen molar-refractivity contribution in [1.82, 2.24) is 0 Å². The summed E-state index contributed by atoms with van der Waals surface area (Å²) in [5, 5.41) is 5.87. The summed E-state index contributed by atoms with van der Waals surface area (Å²) < 4.78 is 15.9. The number of para-hydroxylation sites is 2. The first-order valence-electron chi connectivity index (χ1n) is 12.1. The van der Waals surface area contributed by atoms with Gasteiger partial charge in [0.05, 0.1) is 32.5 Å². The minimum absolute atomic E-state index is 0.222. The fraction of sp³-hybridized carbons (Fsp3) is 0.0667. The number of rotatable bonds is 10. The van der Waals surface area contributed by atoms with Gasteiger partial charge in [-0.05, 0) is 72.8 Å². The number of esters is 2. The van der Waals surface area contributed by atoms with Crippen molar-refractivity contribution in [3.05, 3.63) is 118 Å². The highest BCUT2D eigenvalue weighted by molar-refractivity contribution is 6.34. The summed E-state index contributed by atoms with van der Waals surface area (Å²) in [5.74, 6) is -1.59. The monoisotopic (exact) mass is 592 g/mol. The Balaban J connectivity index is 1.22. The number of benzene rings is 4. The van der Waals surface area contributed by atoms with Crippen LogP contribution in [0.3, 0.4) is 0 Å². The van der Waals surface area contributed by atoms with Crippen LogP contribution in [0, 0.1) is 0 Å². The summed E-state index contributed by atoms with van der Waals surface area (Å²) in [7, 11) is 0. The van der Waals surface area contributed by atoms with Gasteiger partial charge in [-0.3, -0.25) is 9.59 Å². The molecule has 2 amide bonds. The van der Waals surface area contributed by atoms with Crippen LogP contribution in [0.25, 0.3) is 0 Å². The predicted molar refractivity (Wildman–Crippen MR) is 154 cm³/mol. The maximum Gasteiger partial charge on any atom is 0.338 e. The van der Waals surface area contributed by atoms with Crippen molar-refractivity contribution >= 4 is 58.3 Å². The lowest BCUT2D eigenvalue weighted by atomic mass is 10.2. The number of anilines is 2. The predicted octanol–water partition coefficient (Wildman–Crippen LogP) is 6.38. The van der Waals surface area contributed by atoms with Gasteiger partial charge >= 0.3 is 11.9 Å². The number of amides is 2. The topological polar surface area (TPSA) is 120 Å². The first-order chi connectivity index (χ1) is 19.8. The Morgan fingerprint density at radius 1 is 0.537 bits per heavy atom. The number of halogens is 2. The molecule has 0 aliphatic rings. The molecule has 4 aromatic rings. The smallest absolute Gasteiger partial charge is 0.338 e. The maximum absolute atomic E-state index is 12.3. The first-order valence-corrected chi connectivity index (χ1v) is 12.8. The van der Waals surface area contributed by atoms with E-state index in [-0.39, 0.29) is 11.1 Å². The highest BCUT2D eigenvalue weighted by Crippen LogP contribution is 2.24. The fourth-order valence-corrected chi connectivity index (χ4v) is 3.75. The Hall–Kier alpha value is -4.86. The second kappa shape index (κ2) is 14.0. The van der Waals surface area contributed by atoms with Crippen LogP contribution in [0.4, 0.5) is 11.4 Å². The molecule has 208 valence electrons. The van der Waals surface area contributed by atoms with Crippen LogP contribution in [0.1, 0.15) is 20.7 Å². The fourth-order valence-electron chi connectivity index (χ4n) is 3.38. The summed E-state index contributed by atoms with van der Waals surface area (Å²) in [6, 6.07) is 25.6. The van der Waals surface area contributed by atoms with Gasteiger partial charge in [-0.2, -0.15) is 0 Å². The second-order valence-corrected chi connectivity index (χ2v) is 9.17. The van der Waals surface area contributed by atoms with Gasteiger partial charge < -0.3 is 24.8 Å². The molecule has 0 fully saturated rings. The lowest BCUT2D eigenvalue weighted by molar-refractivity contribution is -0.119. The molecule has 0 saturated carbocycles. The minimum atomic E-state index is -0.686. The molecule has 0 aromatic heterocycles. The zero-order chi connectivity index (χ0) is 29.2. The zero-order valence-electron chi connectivity index (χ0n) is 21.3. The van der Waals surface area contributed by atoms with E-state index in [4.69, 9.17) is 37.4 Å². The number of carbonyl (C=O) groups is 4. The average Bonchev–Trinajstić information content (AvgIpc) is 2.98. The van der Waals surface area contributed by atoms with Gasteiger partial charge in [0.15, 0.2) is 13.2 Å². The Labute approximate surface area is 244 Å². The molecule has 9 nitrogen and oxygen atoms in total. The van der Waals surface area contributed by atoms with Gasteiger partial charge in [-0.15, -0.1) is 0 Å².